The predicted octanol–water partition coefficient (Wildman–Crippen LogP) is 1.11. The summed E-state index contributed by atoms with van der Waals surface area (Å²) in [5.41, 5.74) is 2.54. The number of aromatic amines is 1. The van der Waals surface area contributed by atoms with Crippen molar-refractivity contribution in [1.29, 1.82) is 0 Å². The lowest BCUT2D eigenvalue weighted by molar-refractivity contribution is 0.580. The first-order chi connectivity index (χ1) is 9.31. The van der Waals surface area contributed by atoms with Gasteiger partial charge in [-0.1, -0.05) is 29.8 Å². The number of anilines is 1. The van der Waals surface area contributed by atoms with Gasteiger partial charge >= 0.3 is 0 Å². The molecule has 1 fully saturated rings. The molecule has 1 aromatic heterocycles. The third-order valence-electron chi connectivity index (χ3n) is 3.37. The molecule has 0 bridgehead atoms. The Bertz CT molecular complexity index is 542. The molecule has 0 amide bonds. The quantitative estimate of drug-likeness (QED) is 0.865. The highest BCUT2D eigenvalue weighted by molar-refractivity contribution is 5.31. The molecule has 0 unspecified atom stereocenters. The third-order valence-corrected chi connectivity index (χ3v) is 3.37. The Morgan fingerprint density at radius 1 is 1.26 bits per heavy atom. The fraction of sp³-hybridized carbons (Fsp3) is 0.429. The van der Waals surface area contributed by atoms with E-state index in [4.69, 9.17) is 0 Å². The highest BCUT2D eigenvalue weighted by Gasteiger charge is 2.14. The van der Waals surface area contributed by atoms with Gasteiger partial charge in [0.15, 0.2) is 0 Å². The molecule has 1 aliphatic rings. The first-order valence-corrected chi connectivity index (χ1v) is 6.74. The van der Waals surface area contributed by atoms with E-state index in [1.165, 1.54) is 11.1 Å². The van der Waals surface area contributed by atoms with Gasteiger partial charge in [0.05, 0.1) is 0 Å². The van der Waals surface area contributed by atoms with Crippen LogP contribution in [0.25, 0.3) is 0 Å². The standard InChI is InChI=1S/C14H19N5/c1-11-3-2-4-12(9-11)10-13-16-14(18-17-13)19-7-5-15-6-8-19/h2-4,9,15H,5-8,10H2,1H3,(H,16,17,18). The van der Waals surface area contributed by atoms with Crippen molar-refractivity contribution in [2.75, 3.05) is 31.1 Å². The highest BCUT2D eigenvalue weighted by atomic mass is 15.4. The topological polar surface area (TPSA) is 56.8 Å². The molecule has 0 radical (unpaired) electrons. The minimum Gasteiger partial charge on any atom is -0.337 e. The van der Waals surface area contributed by atoms with Gasteiger partial charge in [0.2, 0.25) is 5.95 Å². The number of hydrogen-bond donors (Lipinski definition) is 2. The molecule has 19 heavy (non-hydrogen) atoms. The molecule has 2 heterocycles. The van der Waals surface area contributed by atoms with Crippen LogP contribution in [0.15, 0.2) is 24.3 Å². The van der Waals surface area contributed by atoms with E-state index in [0.717, 1.165) is 44.4 Å². The number of benzene rings is 1. The summed E-state index contributed by atoms with van der Waals surface area (Å²) in [5, 5.41) is 10.7. The number of nitrogens with zero attached hydrogens (tertiary/aromatic N) is 3. The van der Waals surface area contributed by atoms with Crippen LogP contribution in [0.2, 0.25) is 0 Å². The summed E-state index contributed by atoms with van der Waals surface area (Å²) in [6.07, 6.45) is 0.806. The van der Waals surface area contributed by atoms with Gasteiger partial charge in [0.1, 0.15) is 5.82 Å². The predicted molar refractivity (Wildman–Crippen MR) is 75.5 cm³/mol. The van der Waals surface area contributed by atoms with E-state index >= 15 is 0 Å². The Labute approximate surface area is 113 Å². The molecule has 1 aliphatic heterocycles. The van der Waals surface area contributed by atoms with Gasteiger partial charge in [-0.25, -0.2) is 0 Å². The third kappa shape index (κ3) is 2.93. The second-order valence-corrected chi connectivity index (χ2v) is 4.98. The van der Waals surface area contributed by atoms with Gasteiger partial charge < -0.3 is 10.2 Å². The van der Waals surface area contributed by atoms with Gasteiger partial charge in [-0.05, 0) is 12.5 Å². The molecule has 1 aromatic carbocycles. The van der Waals surface area contributed by atoms with Gasteiger partial charge in [-0.2, -0.15) is 4.98 Å². The zero-order chi connectivity index (χ0) is 13.1. The monoisotopic (exact) mass is 257 g/mol. The van der Waals surface area contributed by atoms with Crippen LogP contribution in [-0.2, 0) is 6.42 Å². The highest BCUT2D eigenvalue weighted by Crippen LogP contribution is 2.12. The van der Waals surface area contributed by atoms with E-state index in [1.54, 1.807) is 0 Å². The Hall–Kier alpha value is -1.88. The van der Waals surface area contributed by atoms with Crippen LogP contribution in [0.4, 0.5) is 5.95 Å². The molecule has 0 spiro atoms. The first-order valence-electron chi connectivity index (χ1n) is 6.74. The van der Waals surface area contributed by atoms with Gasteiger partial charge in [-0.15, -0.1) is 5.10 Å². The smallest absolute Gasteiger partial charge is 0.244 e. The Morgan fingerprint density at radius 3 is 2.89 bits per heavy atom. The van der Waals surface area contributed by atoms with Crippen LogP contribution >= 0.6 is 0 Å². The maximum atomic E-state index is 4.59. The fourth-order valence-electron chi connectivity index (χ4n) is 2.39. The van der Waals surface area contributed by atoms with Crippen molar-refractivity contribution >= 4 is 5.95 Å². The van der Waals surface area contributed by atoms with Crippen molar-refractivity contribution in [2.24, 2.45) is 0 Å². The first kappa shape index (κ1) is 12.2. The second kappa shape index (κ2) is 5.40. The fourth-order valence-corrected chi connectivity index (χ4v) is 2.39. The summed E-state index contributed by atoms with van der Waals surface area (Å²) < 4.78 is 0. The molecular weight excluding hydrogens is 238 g/mol. The molecule has 0 saturated carbocycles. The minimum atomic E-state index is 0.806. The van der Waals surface area contributed by atoms with Crippen molar-refractivity contribution in [2.45, 2.75) is 13.3 Å². The van der Waals surface area contributed by atoms with Gasteiger partial charge in [0.25, 0.3) is 0 Å². The molecule has 5 nitrogen and oxygen atoms in total. The Morgan fingerprint density at radius 2 is 2.11 bits per heavy atom. The van der Waals surface area contributed by atoms with Crippen molar-refractivity contribution in [1.82, 2.24) is 20.5 Å². The van der Waals surface area contributed by atoms with Crippen molar-refractivity contribution in [3.05, 3.63) is 41.2 Å². The summed E-state index contributed by atoms with van der Waals surface area (Å²) in [7, 11) is 0. The average Bonchev–Trinajstić information content (AvgIpc) is 2.88. The molecule has 3 rings (SSSR count). The van der Waals surface area contributed by atoms with E-state index in [9.17, 15) is 0 Å². The van der Waals surface area contributed by atoms with Crippen molar-refractivity contribution in [3.8, 4) is 0 Å². The molecule has 5 heteroatoms. The van der Waals surface area contributed by atoms with Crippen LogP contribution in [0.1, 0.15) is 17.0 Å². The minimum absolute atomic E-state index is 0.806. The molecule has 0 atom stereocenters. The van der Waals surface area contributed by atoms with E-state index in [2.05, 4.69) is 56.6 Å². The Kier molecular flexibility index (Phi) is 3.46. The van der Waals surface area contributed by atoms with Gasteiger partial charge in [-0.3, -0.25) is 5.10 Å². The number of aryl methyl sites for hydroxylation is 1. The van der Waals surface area contributed by atoms with E-state index in [-0.39, 0.29) is 0 Å². The average molecular weight is 257 g/mol. The molecule has 2 aromatic rings. The maximum absolute atomic E-state index is 4.59. The number of hydrogen-bond acceptors (Lipinski definition) is 4. The normalized spacial score (nSPS) is 15.7. The summed E-state index contributed by atoms with van der Waals surface area (Å²) in [6.45, 7) is 6.06. The lowest BCUT2D eigenvalue weighted by Crippen LogP contribution is -2.44. The number of nitrogens with one attached hydrogen (secondary N) is 2. The van der Waals surface area contributed by atoms with Crippen molar-refractivity contribution in [3.63, 3.8) is 0 Å². The van der Waals surface area contributed by atoms with Crippen LogP contribution in [0.5, 0.6) is 0 Å². The van der Waals surface area contributed by atoms with Gasteiger partial charge in [0, 0.05) is 32.6 Å². The summed E-state index contributed by atoms with van der Waals surface area (Å²) in [5.74, 6) is 1.75. The number of piperazine rings is 1. The molecular formula is C14H19N5. The van der Waals surface area contributed by atoms with E-state index in [0.29, 0.717) is 0 Å². The largest absolute Gasteiger partial charge is 0.337 e. The zero-order valence-electron chi connectivity index (χ0n) is 11.2. The summed E-state index contributed by atoms with van der Waals surface area (Å²) in [6, 6.07) is 8.50. The maximum Gasteiger partial charge on any atom is 0.244 e. The molecule has 0 aliphatic carbocycles. The van der Waals surface area contributed by atoms with Crippen LogP contribution in [0.3, 0.4) is 0 Å². The lowest BCUT2D eigenvalue weighted by atomic mass is 10.1. The molecule has 2 N–H and O–H groups in total. The molecule has 100 valence electrons. The SMILES string of the molecule is Cc1cccc(Cc2nc(N3CCNCC3)n[nH]2)c1. The van der Waals surface area contributed by atoms with E-state index in [1.807, 2.05) is 0 Å². The second-order valence-electron chi connectivity index (χ2n) is 4.98. The number of H-pyrrole nitrogens is 1. The van der Waals surface area contributed by atoms with Crippen LogP contribution in [-0.4, -0.2) is 41.4 Å². The van der Waals surface area contributed by atoms with Crippen LogP contribution in [0, 0.1) is 6.92 Å². The van der Waals surface area contributed by atoms with Crippen molar-refractivity contribution < 1.29 is 0 Å². The summed E-state index contributed by atoms with van der Waals surface area (Å²) in [4.78, 5) is 6.81. The molecule has 1 saturated heterocycles. The Balaban J connectivity index is 1.70. The number of aromatic nitrogens is 3. The number of rotatable bonds is 3. The zero-order valence-corrected chi connectivity index (χ0v) is 11.2. The van der Waals surface area contributed by atoms with E-state index < -0.39 is 0 Å². The lowest BCUT2D eigenvalue weighted by Gasteiger charge is -2.25. The summed E-state index contributed by atoms with van der Waals surface area (Å²) >= 11 is 0. The van der Waals surface area contributed by atoms with Crippen LogP contribution < -0.4 is 10.2 Å².